The summed E-state index contributed by atoms with van der Waals surface area (Å²) in [4.78, 5) is 22.3. The van der Waals surface area contributed by atoms with Crippen LogP contribution in [0.1, 0.15) is 194 Å². The lowest BCUT2D eigenvalue weighted by molar-refractivity contribution is -0.153. The molecule has 9 heteroatoms. The molecule has 0 saturated heterocycles. The lowest BCUT2D eigenvalue weighted by Crippen LogP contribution is -2.27. The molecule has 3 N–H and O–H groups in total. The number of allylic oxidation sites excluding steroid dienone is 1. The van der Waals surface area contributed by atoms with Crippen molar-refractivity contribution in [1.82, 2.24) is 0 Å². The topological polar surface area (TPSA) is 117 Å². The Morgan fingerprint density at radius 2 is 1.06 bits per heavy atom. The summed E-state index contributed by atoms with van der Waals surface area (Å²) in [7, 11) is -4.28. The van der Waals surface area contributed by atoms with Crippen molar-refractivity contribution in [2.45, 2.75) is 200 Å². The number of hydrogen-bond donors (Lipinski definition) is 2. The summed E-state index contributed by atoms with van der Waals surface area (Å²) in [5, 5.41) is 0. The Morgan fingerprint density at radius 1 is 0.638 bits per heavy atom. The van der Waals surface area contributed by atoms with E-state index in [2.05, 4.69) is 13.8 Å². The minimum atomic E-state index is -4.28. The first-order valence-electron chi connectivity index (χ1n) is 19.7. The van der Waals surface area contributed by atoms with E-state index in [4.69, 9.17) is 24.3 Å². The third kappa shape index (κ3) is 36.2. The van der Waals surface area contributed by atoms with Crippen LogP contribution in [-0.4, -0.2) is 43.3 Å². The largest absolute Gasteiger partial charge is 0.498 e. The minimum absolute atomic E-state index is 0.0380. The van der Waals surface area contributed by atoms with Gasteiger partial charge in [0.2, 0.25) is 0 Å². The van der Waals surface area contributed by atoms with Gasteiger partial charge in [-0.25, -0.2) is 4.57 Å². The van der Waals surface area contributed by atoms with E-state index in [1.54, 1.807) is 6.26 Å². The van der Waals surface area contributed by atoms with E-state index in [0.717, 1.165) is 32.1 Å². The second-order valence-electron chi connectivity index (χ2n) is 13.2. The zero-order valence-electron chi connectivity index (χ0n) is 30.8. The van der Waals surface area contributed by atoms with Crippen LogP contribution in [0.25, 0.3) is 0 Å². The van der Waals surface area contributed by atoms with E-state index in [9.17, 15) is 14.3 Å². The maximum Gasteiger partial charge on any atom is 0.472 e. The fraction of sp³-hybridized carbons (Fsp3) is 0.921. The SMILES string of the molecule is CCCCCCCCCCCCCCCC/C=C/OC[C@H](COP(=O)(O)OCCN)OC(=O)CCCCCCCCCCCCCC. The van der Waals surface area contributed by atoms with E-state index < -0.39 is 13.9 Å². The summed E-state index contributed by atoms with van der Waals surface area (Å²) in [6.45, 7) is 4.25. The number of ether oxygens (including phenoxy) is 2. The van der Waals surface area contributed by atoms with Gasteiger partial charge in [-0.15, -0.1) is 0 Å². The summed E-state index contributed by atoms with van der Waals surface area (Å²) in [6, 6.07) is 0. The van der Waals surface area contributed by atoms with Crippen LogP contribution in [0.5, 0.6) is 0 Å². The molecule has 47 heavy (non-hydrogen) atoms. The highest BCUT2D eigenvalue weighted by molar-refractivity contribution is 7.47. The van der Waals surface area contributed by atoms with Gasteiger partial charge in [0.15, 0.2) is 6.10 Å². The molecule has 1 unspecified atom stereocenters. The number of phosphoric ester groups is 1. The van der Waals surface area contributed by atoms with Crippen molar-refractivity contribution in [2.75, 3.05) is 26.4 Å². The molecule has 8 nitrogen and oxygen atoms in total. The molecule has 0 radical (unpaired) electrons. The lowest BCUT2D eigenvalue weighted by atomic mass is 10.0. The molecule has 0 aliphatic rings. The van der Waals surface area contributed by atoms with Crippen molar-refractivity contribution in [2.24, 2.45) is 5.73 Å². The molecule has 280 valence electrons. The Hall–Kier alpha value is -0.920. The predicted molar refractivity (Wildman–Crippen MR) is 196 cm³/mol. The van der Waals surface area contributed by atoms with Crippen LogP contribution in [0, 0.1) is 0 Å². The molecule has 0 saturated carbocycles. The molecule has 0 aliphatic heterocycles. The van der Waals surface area contributed by atoms with Crippen molar-refractivity contribution in [3.05, 3.63) is 12.3 Å². The van der Waals surface area contributed by atoms with Gasteiger partial charge in [-0.1, -0.05) is 168 Å². The zero-order chi connectivity index (χ0) is 34.5. The third-order valence-corrected chi connectivity index (χ3v) is 9.51. The molecule has 0 amide bonds. The van der Waals surface area contributed by atoms with Gasteiger partial charge in [0.1, 0.15) is 6.61 Å². The molecule has 0 rings (SSSR count). The monoisotopic (exact) mass is 690 g/mol. The molecule has 0 spiro atoms. The van der Waals surface area contributed by atoms with E-state index >= 15 is 0 Å². The predicted octanol–water partition coefficient (Wildman–Crippen LogP) is 11.5. The van der Waals surface area contributed by atoms with Crippen LogP contribution in [0.3, 0.4) is 0 Å². The number of rotatable bonds is 38. The van der Waals surface area contributed by atoms with Crippen LogP contribution < -0.4 is 5.73 Å². The first-order valence-corrected chi connectivity index (χ1v) is 21.2. The number of esters is 1. The Kier molecular flexibility index (Phi) is 35.7. The number of carbonyl (C=O) groups excluding carboxylic acids is 1. The summed E-state index contributed by atoms with van der Waals surface area (Å²) in [6.07, 6.45) is 37.4. The van der Waals surface area contributed by atoms with Gasteiger partial charge in [0.05, 0.1) is 19.5 Å². The average Bonchev–Trinajstić information content (AvgIpc) is 3.06. The van der Waals surface area contributed by atoms with Crippen LogP contribution >= 0.6 is 7.82 Å². The van der Waals surface area contributed by atoms with E-state index in [1.165, 1.54) is 141 Å². The van der Waals surface area contributed by atoms with Crippen molar-refractivity contribution < 1.29 is 32.8 Å². The quantitative estimate of drug-likeness (QED) is 0.0285. The van der Waals surface area contributed by atoms with Gasteiger partial charge in [0.25, 0.3) is 0 Å². The maximum absolute atomic E-state index is 12.5. The Morgan fingerprint density at radius 3 is 1.51 bits per heavy atom. The Balaban J connectivity index is 4.09. The number of nitrogens with two attached hydrogens (primary N) is 1. The summed E-state index contributed by atoms with van der Waals surface area (Å²) in [5.74, 6) is -0.351. The molecule has 0 fully saturated rings. The summed E-state index contributed by atoms with van der Waals surface area (Å²) < 4.78 is 33.1. The molecule has 0 heterocycles. The number of hydrogen-bond acceptors (Lipinski definition) is 7. The highest BCUT2D eigenvalue weighted by atomic mass is 31.2. The fourth-order valence-corrected chi connectivity index (χ4v) is 6.37. The molecule has 0 bridgehead atoms. The molecular weight excluding hydrogens is 613 g/mol. The van der Waals surface area contributed by atoms with Crippen LogP contribution in [0.15, 0.2) is 12.3 Å². The first kappa shape index (κ1) is 46.1. The van der Waals surface area contributed by atoms with Gasteiger partial charge in [-0.2, -0.15) is 0 Å². The lowest BCUT2D eigenvalue weighted by Gasteiger charge is -2.19. The zero-order valence-corrected chi connectivity index (χ0v) is 31.7. The van der Waals surface area contributed by atoms with Gasteiger partial charge < -0.3 is 20.1 Å². The molecule has 0 aliphatic carbocycles. The molecular formula is C38H76NO7P. The van der Waals surface area contributed by atoms with Gasteiger partial charge in [-0.05, 0) is 25.3 Å². The van der Waals surface area contributed by atoms with Crippen molar-refractivity contribution in [1.29, 1.82) is 0 Å². The van der Waals surface area contributed by atoms with Crippen LogP contribution in [-0.2, 0) is 27.9 Å². The standard InChI is InChI=1S/C38H76NO7P/c1-3-5-7-9-11-13-15-17-18-19-20-22-24-26-28-30-33-43-35-37(36-45-47(41,42)44-34-32-39)46-38(40)31-29-27-25-23-21-16-14-12-10-8-6-4-2/h30,33,37H,3-29,31-32,34-36,39H2,1-2H3,(H,41,42)/b33-30+/t37-/m1/s1. The highest BCUT2D eigenvalue weighted by Gasteiger charge is 2.25. The maximum atomic E-state index is 12.5. The second kappa shape index (κ2) is 36.4. The van der Waals surface area contributed by atoms with E-state index in [-0.39, 0.29) is 32.3 Å². The summed E-state index contributed by atoms with van der Waals surface area (Å²) >= 11 is 0. The summed E-state index contributed by atoms with van der Waals surface area (Å²) in [5.41, 5.74) is 5.35. The fourth-order valence-electron chi connectivity index (χ4n) is 5.61. The Bertz CT molecular complexity index is 737. The number of phosphoric acid groups is 1. The Labute approximate surface area is 290 Å². The van der Waals surface area contributed by atoms with Gasteiger partial charge in [0, 0.05) is 13.0 Å². The molecule has 2 atom stereocenters. The average molecular weight is 690 g/mol. The van der Waals surface area contributed by atoms with Crippen molar-refractivity contribution in [3.8, 4) is 0 Å². The van der Waals surface area contributed by atoms with Crippen molar-refractivity contribution in [3.63, 3.8) is 0 Å². The number of unbranched alkanes of at least 4 members (excludes halogenated alkanes) is 25. The molecule has 0 aromatic rings. The second-order valence-corrected chi connectivity index (χ2v) is 14.7. The third-order valence-electron chi connectivity index (χ3n) is 8.53. The van der Waals surface area contributed by atoms with Crippen molar-refractivity contribution >= 4 is 13.8 Å². The van der Waals surface area contributed by atoms with Gasteiger partial charge >= 0.3 is 13.8 Å². The number of carbonyl (C=O) groups is 1. The van der Waals surface area contributed by atoms with Gasteiger partial charge in [-0.3, -0.25) is 13.8 Å². The first-order chi connectivity index (χ1) is 22.9. The van der Waals surface area contributed by atoms with E-state index in [0.29, 0.717) is 6.42 Å². The normalized spacial score (nSPS) is 13.6. The molecule has 0 aromatic carbocycles. The van der Waals surface area contributed by atoms with Crippen LogP contribution in [0.2, 0.25) is 0 Å². The minimum Gasteiger partial charge on any atom is -0.498 e. The smallest absolute Gasteiger partial charge is 0.472 e. The highest BCUT2D eigenvalue weighted by Crippen LogP contribution is 2.43. The molecule has 0 aromatic heterocycles. The van der Waals surface area contributed by atoms with E-state index in [1.807, 2.05) is 6.08 Å². The van der Waals surface area contributed by atoms with Crippen LogP contribution in [0.4, 0.5) is 0 Å².